The summed E-state index contributed by atoms with van der Waals surface area (Å²) in [6.45, 7) is -0.137. The van der Waals surface area contributed by atoms with Gasteiger partial charge in [-0.3, -0.25) is 4.57 Å². The molecule has 3 aromatic rings. The van der Waals surface area contributed by atoms with Crippen molar-refractivity contribution in [3.63, 3.8) is 0 Å². The second-order valence-electron chi connectivity index (χ2n) is 6.78. The van der Waals surface area contributed by atoms with E-state index in [-0.39, 0.29) is 6.61 Å². The van der Waals surface area contributed by atoms with Crippen LogP contribution >= 0.6 is 0 Å². The number of benzene rings is 1. The molecule has 2 aromatic heterocycles. The Morgan fingerprint density at radius 3 is 2.72 bits per heavy atom. The molecule has 0 radical (unpaired) electrons. The third kappa shape index (κ3) is 3.04. The van der Waals surface area contributed by atoms with Crippen molar-refractivity contribution in [2.24, 2.45) is 0 Å². The molecule has 152 valence electrons. The zero-order chi connectivity index (χ0) is 20.0. The summed E-state index contributed by atoms with van der Waals surface area (Å²) in [6.07, 6.45) is -1.96. The predicted molar refractivity (Wildman–Crippen MR) is 98.3 cm³/mol. The minimum Gasteiger partial charge on any atom is -0.484 e. The van der Waals surface area contributed by atoms with Gasteiger partial charge in [0.25, 0.3) is 0 Å². The lowest BCUT2D eigenvalue weighted by atomic mass is 10.1. The molecule has 5 atom stereocenters. The van der Waals surface area contributed by atoms with Gasteiger partial charge in [-0.05, 0) is 12.1 Å². The highest BCUT2D eigenvalue weighted by molar-refractivity contribution is 5.82. The minimum absolute atomic E-state index is 0.276. The number of fused-ring (bicyclic) bond motifs is 2. The first-order valence-electron chi connectivity index (χ1n) is 9.10. The van der Waals surface area contributed by atoms with Crippen LogP contribution < -0.4 is 14.8 Å². The lowest BCUT2D eigenvalue weighted by molar-refractivity contribution is -0.0511. The molecule has 0 bridgehead atoms. The second kappa shape index (κ2) is 7.12. The molecule has 1 aromatic carbocycles. The molecule has 0 saturated carbocycles. The maximum Gasteiger partial charge on any atom is 0.205 e. The van der Waals surface area contributed by atoms with Crippen LogP contribution in [0.5, 0.6) is 11.5 Å². The third-order valence-electron chi connectivity index (χ3n) is 4.96. The first kappa shape index (κ1) is 18.1. The van der Waals surface area contributed by atoms with E-state index in [1.165, 1.54) is 17.2 Å². The number of nitrogens with one attached hydrogen (secondary N) is 1. The van der Waals surface area contributed by atoms with Crippen LogP contribution in [0, 0.1) is 0 Å². The molecule has 2 aliphatic heterocycles. The fourth-order valence-corrected chi connectivity index (χ4v) is 3.50. The average molecular weight is 401 g/mol. The molecule has 1 unspecified atom stereocenters. The Labute approximate surface area is 164 Å². The topological polar surface area (TPSA) is 144 Å². The number of ether oxygens (including phenoxy) is 3. The zero-order valence-electron chi connectivity index (χ0n) is 15.1. The number of rotatable bonds is 4. The number of aliphatic hydroxyl groups is 3. The van der Waals surface area contributed by atoms with Gasteiger partial charge in [-0.2, -0.15) is 0 Å². The number of aromatic nitrogens is 4. The smallest absolute Gasteiger partial charge is 0.205 e. The molecule has 1 saturated heterocycles. The molecular weight excluding hydrogens is 382 g/mol. The molecule has 1 fully saturated rings. The van der Waals surface area contributed by atoms with E-state index in [0.717, 1.165) is 0 Å². The van der Waals surface area contributed by atoms with Crippen molar-refractivity contribution in [1.82, 2.24) is 19.5 Å². The van der Waals surface area contributed by atoms with Crippen molar-refractivity contribution >= 4 is 17.0 Å². The van der Waals surface area contributed by atoms with Crippen molar-refractivity contribution in [2.45, 2.75) is 30.8 Å². The van der Waals surface area contributed by atoms with Crippen molar-refractivity contribution in [2.75, 3.05) is 18.5 Å². The van der Waals surface area contributed by atoms with Gasteiger partial charge in [-0.25, -0.2) is 15.0 Å². The Morgan fingerprint density at radius 2 is 1.93 bits per heavy atom. The molecule has 0 amide bonds. The molecule has 29 heavy (non-hydrogen) atoms. The summed E-state index contributed by atoms with van der Waals surface area (Å²) < 4.78 is 18.7. The van der Waals surface area contributed by atoms with Crippen LogP contribution in [-0.4, -0.2) is 72.6 Å². The van der Waals surface area contributed by atoms with E-state index >= 15 is 0 Å². The van der Waals surface area contributed by atoms with E-state index in [2.05, 4.69) is 20.3 Å². The number of imidazole rings is 1. The van der Waals surface area contributed by atoms with Gasteiger partial charge < -0.3 is 34.8 Å². The van der Waals surface area contributed by atoms with Gasteiger partial charge in [-0.15, -0.1) is 0 Å². The third-order valence-corrected chi connectivity index (χ3v) is 4.96. The Bertz CT molecular complexity index is 1030. The number of aliphatic hydroxyl groups excluding tert-OH is 3. The van der Waals surface area contributed by atoms with E-state index in [9.17, 15) is 15.3 Å². The zero-order valence-corrected chi connectivity index (χ0v) is 15.1. The van der Waals surface area contributed by atoms with Crippen LogP contribution in [0.2, 0.25) is 0 Å². The van der Waals surface area contributed by atoms with E-state index in [1.54, 1.807) is 0 Å². The molecular formula is C18H19N5O6. The van der Waals surface area contributed by atoms with Crippen molar-refractivity contribution in [3.05, 3.63) is 36.9 Å². The Hall–Kier alpha value is -2.99. The summed E-state index contributed by atoms with van der Waals surface area (Å²) >= 11 is 0. The second-order valence-corrected chi connectivity index (χ2v) is 6.78. The highest BCUT2D eigenvalue weighted by Crippen LogP contribution is 2.33. The van der Waals surface area contributed by atoms with Gasteiger partial charge in [0.15, 0.2) is 34.7 Å². The Morgan fingerprint density at radius 1 is 1.10 bits per heavy atom. The van der Waals surface area contributed by atoms with E-state index in [4.69, 9.17) is 14.2 Å². The largest absolute Gasteiger partial charge is 0.484 e. The molecule has 11 nitrogen and oxygen atoms in total. The Kier molecular flexibility index (Phi) is 4.43. The van der Waals surface area contributed by atoms with Crippen molar-refractivity contribution in [1.29, 1.82) is 0 Å². The molecule has 0 spiro atoms. The quantitative estimate of drug-likeness (QED) is 0.458. The van der Waals surface area contributed by atoms with Crippen LogP contribution in [0.15, 0.2) is 36.9 Å². The van der Waals surface area contributed by atoms with Crippen LogP contribution in [0.3, 0.4) is 0 Å². The average Bonchev–Trinajstić information content (AvgIpc) is 3.30. The number of para-hydroxylation sites is 2. The summed E-state index contributed by atoms with van der Waals surface area (Å²) in [4.78, 5) is 12.8. The first-order valence-corrected chi connectivity index (χ1v) is 9.10. The van der Waals surface area contributed by atoms with E-state index < -0.39 is 37.4 Å². The summed E-state index contributed by atoms with van der Waals surface area (Å²) in [5, 5.41) is 32.7. The molecule has 2 aliphatic rings. The highest BCUT2D eigenvalue weighted by atomic mass is 16.6. The minimum atomic E-state index is -1.23. The lowest BCUT2D eigenvalue weighted by Gasteiger charge is -2.27. The SMILES string of the molecule is OC[C@H]1O[C@@H](n2cnc3c(NC4COc5ccccc5O4)ncnc32)[C@H](O)[C@@H]1O. The summed E-state index contributed by atoms with van der Waals surface area (Å²) in [5.41, 5.74) is 0.835. The number of hydrogen-bond acceptors (Lipinski definition) is 10. The summed E-state index contributed by atoms with van der Waals surface area (Å²) in [7, 11) is 0. The van der Waals surface area contributed by atoms with Crippen molar-refractivity contribution < 1.29 is 29.5 Å². The molecule has 0 aliphatic carbocycles. The normalized spacial score (nSPS) is 28.6. The van der Waals surface area contributed by atoms with Gasteiger partial charge in [-0.1, -0.05) is 12.1 Å². The highest BCUT2D eigenvalue weighted by Gasteiger charge is 2.44. The summed E-state index contributed by atoms with van der Waals surface area (Å²) in [6, 6.07) is 7.37. The van der Waals surface area contributed by atoms with Gasteiger partial charge in [0.2, 0.25) is 6.23 Å². The molecule has 5 rings (SSSR count). The summed E-state index contributed by atoms with van der Waals surface area (Å²) in [5.74, 6) is 1.72. The van der Waals surface area contributed by atoms with Gasteiger partial charge in [0, 0.05) is 0 Å². The fraction of sp³-hybridized carbons (Fsp3) is 0.389. The van der Waals surface area contributed by atoms with E-state index in [0.29, 0.717) is 28.5 Å². The van der Waals surface area contributed by atoms with Crippen LogP contribution in [0.1, 0.15) is 6.23 Å². The van der Waals surface area contributed by atoms with Crippen LogP contribution in [0.4, 0.5) is 5.82 Å². The maximum atomic E-state index is 10.3. The monoisotopic (exact) mass is 401 g/mol. The number of nitrogens with zero attached hydrogens (tertiary/aromatic N) is 4. The van der Waals surface area contributed by atoms with Gasteiger partial charge in [0.1, 0.15) is 31.2 Å². The van der Waals surface area contributed by atoms with Gasteiger partial charge >= 0.3 is 0 Å². The van der Waals surface area contributed by atoms with Gasteiger partial charge in [0.05, 0.1) is 12.9 Å². The first-order chi connectivity index (χ1) is 14.2. The molecule has 11 heteroatoms. The standard InChI is InChI=1S/C18H19N5O6/c24-5-11-14(25)15(26)18(29-11)23-8-21-13-16(19-7-20-17(13)23)22-12-6-27-9-3-1-2-4-10(9)28-12/h1-4,7-8,11-12,14-15,18,24-26H,5-6H2,(H,19,20,22)/t11-,12?,14-,15-,18-/m1/s1. The van der Waals surface area contributed by atoms with Crippen LogP contribution in [0.25, 0.3) is 11.2 Å². The number of hydrogen-bond donors (Lipinski definition) is 4. The maximum absolute atomic E-state index is 10.3. The van der Waals surface area contributed by atoms with E-state index in [1.807, 2.05) is 24.3 Å². The lowest BCUT2D eigenvalue weighted by Crippen LogP contribution is -2.36. The predicted octanol–water partition coefficient (Wildman–Crippen LogP) is -0.353. The van der Waals surface area contributed by atoms with Crippen molar-refractivity contribution in [3.8, 4) is 11.5 Å². The fourth-order valence-electron chi connectivity index (χ4n) is 3.50. The molecule has 4 heterocycles. The van der Waals surface area contributed by atoms with Crippen LogP contribution in [-0.2, 0) is 4.74 Å². The number of anilines is 1. The Balaban J connectivity index is 1.41. The molecule has 4 N–H and O–H groups in total.